The van der Waals surface area contributed by atoms with Crippen LogP contribution in [0.1, 0.15) is 35.7 Å². The third kappa shape index (κ3) is 2.29. The van der Waals surface area contributed by atoms with Gasteiger partial charge in [-0.2, -0.15) is 0 Å². The fourth-order valence-electron chi connectivity index (χ4n) is 3.45. The number of carbonyl (C=O) groups is 1. The van der Waals surface area contributed by atoms with E-state index in [9.17, 15) is 9.90 Å². The van der Waals surface area contributed by atoms with Crippen molar-refractivity contribution in [1.82, 2.24) is 9.80 Å². The molecule has 2 atom stereocenters. The number of carbonyl (C=O) groups excluding carboxylic acids is 1. The van der Waals surface area contributed by atoms with Gasteiger partial charge in [-0.15, -0.1) is 0 Å². The van der Waals surface area contributed by atoms with E-state index in [0.717, 1.165) is 25.2 Å². The van der Waals surface area contributed by atoms with Gasteiger partial charge in [0.2, 0.25) is 0 Å². The molecule has 3 rings (SSSR count). The van der Waals surface area contributed by atoms with Gasteiger partial charge in [-0.1, -0.05) is 6.07 Å². The summed E-state index contributed by atoms with van der Waals surface area (Å²) in [4.78, 5) is 17.1. The summed E-state index contributed by atoms with van der Waals surface area (Å²) in [7, 11) is 0. The molecule has 2 aliphatic heterocycles. The molecule has 2 fully saturated rings. The largest absolute Gasteiger partial charge is 0.507 e. The van der Waals surface area contributed by atoms with E-state index in [-0.39, 0.29) is 17.7 Å². The molecule has 108 valence electrons. The van der Waals surface area contributed by atoms with E-state index in [2.05, 4.69) is 11.8 Å². The fraction of sp³-hybridized carbons (Fsp3) is 0.562. The van der Waals surface area contributed by atoms with Crippen molar-refractivity contribution in [2.45, 2.75) is 38.8 Å². The first-order chi connectivity index (χ1) is 9.56. The van der Waals surface area contributed by atoms with E-state index in [0.29, 0.717) is 11.6 Å². The maximum atomic E-state index is 12.7. The molecule has 1 aromatic rings. The zero-order valence-electron chi connectivity index (χ0n) is 12.2. The summed E-state index contributed by atoms with van der Waals surface area (Å²) in [6.07, 6.45) is 2.41. The third-order valence-electron chi connectivity index (χ3n) is 4.58. The third-order valence-corrected chi connectivity index (χ3v) is 4.58. The molecule has 1 aromatic carbocycles. The van der Waals surface area contributed by atoms with Crippen molar-refractivity contribution < 1.29 is 9.90 Å². The van der Waals surface area contributed by atoms with Crippen molar-refractivity contribution in [2.75, 3.05) is 19.6 Å². The van der Waals surface area contributed by atoms with E-state index in [1.807, 2.05) is 17.9 Å². The van der Waals surface area contributed by atoms with Crippen LogP contribution in [0.4, 0.5) is 0 Å². The molecule has 2 saturated heterocycles. The Morgan fingerprint density at radius 3 is 2.90 bits per heavy atom. The second-order valence-corrected chi connectivity index (χ2v) is 6.12. The van der Waals surface area contributed by atoms with Crippen LogP contribution in [0.25, 0.3) is 0 Å². The normalized spacial score (nSPS) is 26.6. The van der Waals surface area contributed by atoms with Gasteiger partial charge in [0.05, 0.1) is 5.56 Å². The average Bonchev–Trinajstić information content (AvgIpc) is 2.84. The zero-order chi connectivity index (χ0) is 14.3. The molecule has 0 aliphatic carbocycles. The Hall–Kier alpha value is -1.55. The number of hydrogen-bond acceptors (Lipinski definition) is 3. The molecular weight excluding hydrogens is 252 g/mol. The van der Waals surface area contributed by atoms with Crippen molar-refractivity contribution >= 4 is 5.91 Å². The molecule has 2 aliphatic rings. The standard InChI is InChI=1S/C16H22N2O2/c1-11-5-6-14(15(19)8-11)16(20)18-10-13-4-3-7-17(13)9-12(18)2/h5-6,8,12-13,19H,3-4,7,9-10H2,1-2H3. The molecule has 0 aromatic heterocycles. The highest BCUT2D eigenvalue weighted by atomic mass is 16.3. The first kappa shape index (κ1) is 13.4. The van der Waals surface area contributed by atoms with Crippen LogP contribution >= 0.6 is 0 Å². The summed E-state index contributed by atoms with van der Waals surface area (Å²) in [6, 6.07) is 5.98. The van der Waals surface area contributed by atoms with Crippen molar-refractivity contribution in [3.63, 3.8) is 0 Å². The van der Waals surface area contributed by atoms with Gasteiger partial charge in [0.25, 0.3) is 5.91 Å². The average molecular weight is 274 g/mol. The van der Waals surface area contributed by atoms with Crippen LogP contribution in [0.5, 0.6) is 5.75 Å². The van der Waals surface area contributed by atoms with Crippen molar-refractivity contribution in [3.05, 3.63) is 29.3 Å². The van der Waals surface area contributed by atoms with E-state index >= 15 is 0 Å². The molecular formula is C16H22N2O2. The summed E-state index contributed by atoms with van der Waals surface area (Å²) in [6.45, 7) is 6.90. The number of piperazine rings is 1. The maximum Gasteiger partial charge on any atom is 0.257 e. The van der Waals surface area contributed by atoms with Crippen molar-refractivity contribution in [3.8, 4) is 5.75 Å². The Morgan fingerprint density at radius 2 is 2.15 bits per heavy atom. The lowest BCUT2D eigenvalue weighted by atomic mass is 10.0. The summed E-state index contributed by atoms with van der Waals surface area (Å²) in [5.74, 6) is 0.0533. The molecule has 0 spiro atoms. The predicted molar refractivity (Wildman–Crippen MR) is 77.9 cm³/mol. The molecule has 1 amide bonds. The monoisotopic (exact) mass is 274 g/mol. The van der Waals surface area contributed by atoms with Gasteiger partial charge in [0.1, 0.15) is 5.75 Å². The highest BCUT2D eigenvalue weighted by molar-refractivity contribution is 5.97. The SMILES string of the molecule is Cc1ccc(C(=O)N2CC3CCCN3CC2C)c(O)c1. The van der Waals surface area contributed by atoms with Crippen molar-refractivity contribution in [1.29, 1.82) is 0 Å². The molecule has 0 radical (unpaired) electrons. The Labute approximate surface area is 120 Å². The molecule has 4 nitrogen and oxygen atoms in total. The minimum absolute atomic E-state index is 0.0402. The Bertz CT molecular complexity index is 529. The minimum Gasteiger partial charge on any atom is -0.507 e. The number of aryl methyl sites for hydroxylation is 1. The molecule has 2 unspecified atom stereocenters. The van der Waals surface area contributed by atoms with Crippen LogP contribution in [-0.4, -0.2) is 52.5 Å². The van der Waals surface area contributed by atoms with E-state index in [1.54, 1.807) is 12.1 Å². The van der Waals surface area contributed by atoms with Gasteiger partial charge in [0.15, 0.2) is 0 Å². The van der Waals surface area contributed by atoms with Crippen molar-refractivity contribution in [2.24, 2.45) is 0 Å². The Morgan fingerprint density at radius 1 is 1.35 bits per heavy atom. The molecule has 0 bridgehead atoms. The molecule has 4 heteroatoms. The Kier molecular flexibility index (Phi) is 3.42. The van der Waals surface area contributed by atoms with Crippen LogP contribution in [0.15, 0.2) is 18.2 Å². The van der Waals surface area contributed by atoms with Crippen LogP contribution in [0.3, 0.4) is 0 Å². The van der Waals surface area contributed by atoms with Crippen LogP contribution < -0.4 is 0 Å². The molecule has 20 heavy (non-hydrogen) atoms. The number of amides is 1. The summed E-state index contributed by atoms with van der Waals surface area (Å²) in [5.41, 5.74) is 1.39. The number of phenols is 1. The second-order valence-electron chi connectivity index (χ2n) is 6.12. The number of aromatic hydroxyl groups is 1. The number of phenolic OH excluding ortho intramolecular Hbond substituents is 1. The van der Waals surface area contributed by atoms with Crippen LogP contribution in [0.2, 0.25) is 0 Å². The number of rotatable bonds is 1. The lowest BCUT2D eigenvalue weighted by Gasteiger charge is -2.42. The second kappa shape index (κ2) is 5.09. The molecule has 1 N–H and O–H groups in total. The van der Waals surface area contributed by atoms with E-state index in [4.69, 9.17) is 0 Å². The topological polar surface area (TPSA) is 43.8 Å². The van der Waals surface area contributed by atoms with E-state index < -0.39 is 0 Å². The fourth-order valence-corrected chi connectivity index (χ4v) is 3.45. The maximum absolute atomic E-state index is 12.7. The van der Waals surface area contributed by atoms with Crippen LogP contribution in [-0.2, 0) is 0 Å². The number of hydrogen-bond donors (Lipinski definition) is 1. The highest BCUT2D eigenvalue weighted by Crippen LogP contribution is 2.27. The Balaban J connectivity index is 1.82. The van der Waals surface area contributed by atoms with Gasteiger partial charge in [-0.05, 0) is 50.9 Å². The van der Waals surface area contributed by atoms with Gasteiger partial charge in [-0.25, -0.2) is 0 Å². The van der Waals surface area contributed by atoms with Gasteiger partial charge in [0, 0.05) is 25.2 Å². The highest BCUT2D eigenvalue weighted by Gasteiger charge is 2.37. The zero-order valence-corrected chi connectivity index (χ0v) is 12.2. The van der Waals surface area contributed by atoms with Gasteiger partial charge >= 0.3 is 0 Å². The lowest BCUT2D eigenvalue weighted by molar-refractivity contribution is 0.0393. The summed E-state index contributed by atoms with van der Waals surface area (Å²) < 4.78 is 0. The molecule has 0 saturated carbocycles. The predicted octanol–water partition coefficient (Wildman–Crippen LogP) is 2.01. The first-order valence-electron chi connectivity index (χ1n) is 7.41. The summed E-state index contributed by atoms with van der Waals surface area (Å²) >= 11 is 0. The smallest absolute Gasteiger partial charge is 0.257 e. The lowest BCUT2D eigenvalue weighted by Crippen LogP contribution is -2.56. The van der Waals surface area contributed by atoms with E-state index in [1.165, 1.54) is 12.8 Å². The van der Waals surface area contributed by atoms with Crippen LogP contribution in [0, 0.1) is 6.92 Å². The number of benzene rings is 1. The summed E-state index contributed by atoms with van der Waals surface area (Å²) in [5, 5.41) is 10.0. The minimum atomic E-state index is -0.0402. The van der Waals surface area contributed by atoms with Gasteiger partial charge in [-0.3, -0.25) is 9.69 Å². The first-order valence-corrected chi connectivity index (χ1v) is 7.41. The number of fused-ring (bicyclic) bond motifs is 1. The quantitative estimate of drug-likeness (QED) is 0.852. The molecule has 2 heterocycles. The number of nitrogens with zero attached hydrogens (tertiary/aromatic N) is 2. The van der Waals surface area contributed by atoms with Gasteiger partial charge < -0.3 is 10.0 Å².